The zero-order chi connectivity index (χ0) is 22.4. The molecule has 0 bridgehead atoms. The molecule has 0 atom stereocenters. The molecular formula is C23H27N4O4+. The van der Waals surface area contributed by atoms with Gasteiger partial charge in [-0.25, -0.2) is 9.48 Å². The lowest BCUT2D eigenvalue weighted by atomic mass is 10.1. The van der Waals surface area contributed by atoms with Gasteiger partial charge in [-0.3, -0.25) is 9.59 Å². The highest BCUT2D eigenvalue weighted by Crippen LogP contribution is 2.16. The van der Waals surface area contributed by atoms with Crippen LogP contribution < -0.4 is 15.8 Å². The van der Waals surface area contributed by atoms with E-state index < -0.39 is 11.9 Å². The second kappa shape index (κ2) is 9.99. The van der Waals surface area contributed by atoms with Crippen molar-refractivity contribution >= 4 is 28.3 Å². The third-order valence-electron chi connectivity index (χ3n) is 5.24. The highest BCUT2D eigenvalue weighted by molar-refractivity contribution is 6.11. The number of benzene rings is 2. The van der Waals surface area contributed by atoms with Crippen LogP contribution in [0.2, 0.25) is 0 Å². The standard InChI is InChI=1S/C23H26N4O4/c1-4-27(5-2)14-15-31-23(30)16-10-12-17(13-11-16)24-21(28)20-18-8-6-7-9-19(18)22(29)26(3)25-20/h6-13H,4-5,14-15H2,1-3H3,(H,24,28)/p+1. The van der Waals surface area contributed by atoms with Gasteiger partial charge in [0.05, 0.1) is 24.0 Å². The van der Waals surface area contributed by atoms with Gasteiger partial charge in [0.25, 0.3) is 11.5 Å². The number of hydrogen-bond acceptors (Lipinski definition) is 5. The predicted molar refractivity (Wildman–Crippen MR) is 119 cm³/mol. The van der Waals surface area contributed by atoms with Crippen molar-refractivity contribution in [2.45, 2.75) is 13.8 Å². The molecule has 0 aliphatic rings. The number of carbonyl (C=O) groups is 2. The van der Waals surface area contributed by atoms with E-state index in [4.69, 9.17) is 4.74 Å². The van der Waals surface area contributed by atoms with Crippen molar-refractivity contribution < 1.29 is 19.2 Å². The van der Waals surface area contributed by atoms with Crippen molar-refractivity contribution in [3.05, 3.63) is 70.1 Å². The van der Waals surface area contributed by atoms with E-state index in [1.807, 2.05) is 0 Å². The van der Waals surface area contributed by atoms with Crippen LogP contribution in [0.5, 0.6) is 0 Å². The van der Waals surface area contributed by atoms with Gasteiger partial charge >= 0.3 is 5.97 Å². The molecule has 8 heteroatoms. The van der Waals surface area contributed by atoms with Crippen LogP contribution in [0.4, 0.5) is 5.69 Å². The number of ether oxygens (including phenoxy) is 1. The number of hydrogen-bond donors (Lipinski definition) is 2. The number of anilines is 1. The van der Waals surface area contributed by atoms with E-state index in [9.17, 15) is 14.4 Å². The molecule has 1 heterocycles. The Morgan fingerprint density at radius 3 is 2.32 bits per heavy atom. The van der Waals surface area contributed by atoms with Gasteiger partial charge in [0.1, 0.15) is 13.2 Å². The Bertz CT molecular complexity index is 1130. The average Bonchev–Trinajstić information content (AvgIpc) is 2.79. The quantitative estimate of drug-likeness (QED) is 0.532. The van der Waals surface area contributed by atoms with Crippen molar-refractivity contribution in [3.8, 4) is 0 Å². The van der Waals surface area contributed by atoms with Crippen molar-refractivity contribution in [2.75, 3.05) is 31.6 Å². The summed E-state index contributed by atoms with van der Waals surface area (Å²) in [6.45, 7) is 7.31. The third-order valence-corrected chi connectivity index (χ3v) is 5.24. The van der Waals surface area contributed by atoms with Gasteiger partial charge in [-0.1, -0.05) is 18.2 Å². The summed E-state index contributed by atoms with van der Waals surface area (Å²) in [5.41, 5.74) is 0.810. The molecule has 0 spiro atoms. The predicted octanol–water partition coefficient (Wildman–Crippen LogP) is 1.27. The number of aromatic nitrogens is 2. The topological polar surface area (TPSA) is 94.7 Å². The number of rotatable bonds is 8. The number of fused-ring (bicyclic) bond motifs is 1. The number of quaternary nitrogens is 1. The van der Waals surface area contributed by atoms with Gasteiger partial charge in [0, 0.05) is 18.1 Å². The molecular weight excluding hydrogens is 396 g/mol. The number of carbonyl (C=O) groups excluding carboxylic acids is 2. The Kier molecular flexibility index (Phi) is 7.15. The van der Waals surface area contributed by atoms with Crippen LogP contribution in [0.3, 0.4) is 0 Å². The first-order valence-corrected chi connectivity index (χ1v) is 10.3. The second-order valence-corrected chi connectivity index (χ2v) is 7.20. The Morgan fingerprint density at radius 2 is 1.68 bits per heavy atom. The maximum absolute atomic E-state index is 12.8. The van der Waals surface area contributed by atoms with Crippen molar-refractivity contribution in [1.29, 1.82) is 0 Å². The maximum atomic E-state index is 12.8. The number of amides is 1. The van der Waals surface area contributed by atoms with Crippen LogP contribution in [0.25, 0.3) is 10.8 Å². The minimum Gasteiger partial charge on any atom is -0.456 e. The molecule has 8 nitrogen and oxygen atoms in total. The molecule has 162 valence electrons. The van der Waals surface area contributed by atoms with Crippen LogP contribution in [0, 0.1) is 0 Å². The van der Waals surface area contributed by atoms with E-state index in [0.717, 1.165) is 24.3 Å². The normalized spacial score (nSPS) is 11.0. The van der Waals surface area contributed by atoms with E-state index >= 15 is 0 Å². The van der Waals surface area contributed by atoms with Gasteiger partial charge in [-0.15, -0.1) is 0 Å². The van der Waals surface area contributed by atoms with Crippen LogP contribution in [0.15, 0.2) is 53.3 Å². The minimum absolute atomic E-state index is 0.153. The highest BCUT2D eigenvalue weighted by atomic mass is 16.5. The van der Waals surface area contributed by atoms with Crippen molar-refractivity contribution in [2.24, 2.45) is 7.05 Å². The summed E-state index contributed by atoms with van der Waals surface area (Å²) >= 11 is 0. The van der Waals surface area contributed by atoms with Crippen LogP contribution in [0.1, 0.15) is 34.7 Å². The molecule has 3 aromatic rings. The first kappa shape index (κ1) is 22.2. The molecule has 1 amide bonds. The van der Waals surface area contributed by atoms with Crippen molar-refractivity contribution in [1.82, 2.24) is 9.78 Å². The summed E-state index contributed by atoms with van der Waals surface area (Å²) in [4.78, 5) is 38.6. The lowest BCUT2D eigenvalue weighted by Crippen LogP contribution is -3.11. The first-order valence-electron chi connectivity index (χ1n) is 10.3. The molecule has 0 saturated carbocycles. The number of aryl methyl sites for hydroxylation is 1. The number of nitrogens with zero attached hydrogens (tertiary/aromatic N) is 2. The fourth-order valence-electron chi connectivity index (χ4n) is 3.32. The number of esters is 1. The fraction of sp³-hybridized carbons (Fsp3) is 0.304. The van der Waals surface area contributed by atoms with E-state index in [1.54, 1.807) is 48.5 Å². The molecule has 0 aliphatic heterocycles. The van der Waals surface area contributed by atoms with Crippen LogP contribution in [-0.4, -0.2) is 47.9 Å². The average molecular weight is 423 g/mol. The SMILES string of the molecule is CC[NH+](CC)CCOC(=O)c1ccc(NC(=O)c2nn(C)c(=O)c3ccccc23)cc1. The van der Waals surface area contributed by atoms with Gasteiger partial charge in [-0.2, -0.15) is 5.10 Å². The molecule has 1 aromatic heterocycles. The summed E-state index contributed by atoms with van der Waals surface area (Å²) in [7, 11) is 1.51. The second-order valence-electron chi connectivity index (χ2n) is 7.20. The summed E-state index contributed by atoms with van der Waals surface area (Å²) in [5, 5.41) is 7.80. The Balaban J connectivity index is 1.68. The lowest BCUT2D eigenvalue weighted by molar-refractivity contribution is -0.896. The monoisotopic (exact) mass is 423 g/mol. The molecule has 3 rings (SSSR count). The largest absolute Gasteiger partial charge is 0.456 e. The molecule has 0 fully saturated rings. The smallest absolute Gasteiger partial charge is 0.338 e. The zero-order valence-corrected chi connectivity index (χ0v) is 18.0. The van der Waals surface area contributed by atoms with Crippen LogP contribution >= 0.6 is 0 Å². The summed E-state index contributed by atoms with van der Waals surface area (Å²) in [6.07, 6.45) is 0. The molecule has 31 heavy (non-hydrogen) atoms. The van der Waals surface area contributed by atoms with E-state index in [1.165, 1.54) is 11.9 Å². The van der Waals surface area contributed by atoms with E-state index in [0.29, 0.717) is 28.6 Å². The molecule has 0 radical (unpaired) electrons. The molecule has 0 unspecified atom stereocenters. The lowest BCUT2D eigenvalue weighted by Gasteiger charge is -2.15. The van der Waals surface area contributed by atoms with Crippen LogP contribution in [-0.2, 0) is 11.8 Å². The number of nitrogens with one attached hydrogen (secondary N) is 2. The van der Waals surface area contributed by atoms with Crippen molar-refractivity contribution in [3.63, 3.8) is 0 Å². The molecule has 2 aromatic carbocycles. The third kappa shape index (κ3) is 5.16. The molecule has 2 N–H and O–H groups in total. The summed E-state index contributed by atoms with van der Waals surface area (Å²) < 4.78 is 6.48. The fourth-order valence-corrected chi connectivity index (χ4v) is 3.32. The van der Waals surface area contributed by atoms with Gasteiger partial charge in [0.2, 0.25) is 0 Å². The maximum Gasteiger partial charge on any atom is 0.338 e. The summed E-state index contributed by atoms with van der Waals surface area (Å²) in [6, 6.07) is 13.3. The summed E-state index contributed by atoms with van der Waals surface area (Å²) in [5.74, 6) is -0.834. The highest BCUT2D eigenvalue weighted by Gasteiger charge is 2.16. The van der Waals surface area contributed by atoms with Gasteiger partial charge in [0.15, 0.2) is 5.69 Å². The van der Waals surface area contributed by atoms with E-state index in [2.05, 4.69) is 24.3 Å². The minimum atomic E-state index is -0.440. The Hall–Kier alpha value is -3.52. The Labute approximate surface area is 180 Å². The first-order chi connectivity index (χ1) is 14.9. The zero-order valence-electron chi connectivity index (χ0n) is 18.0. The number of likely N-dealkylation sites (N-methyl/N-ethyl adjacent to an activating group) is 1. The molecule has 0 saturated heterocycles. The molecule has 0 aliphatic carbocycles. The van der Waals surface area contributed by atoms with E-state index in [-0.39, 0.29) is 11.3 Å². The Morgan fingerprint density at radius 1 is 1.03 bits per heavy atom. The van der Waals surface area contributed by atoms with Gasteiger partial charge < -0.3 is 15.0 Å². The van der Waals surface area contributed by atoms with Gasteiger partial charge in [-0.05, 0) is 44.2 Å².